The Morgan fingerprint density at radius 3 is 2.74 bits per heavy atom. The number of hydrogen-bond acceptors (Lipinski definition) is 8. The summed E-state index contributed by atoms with van der Waals surface area (Å²) in [6.45, 7) is 2.79. The standard InChI is InChI=1S/C24H28ClN7O2/c1-33-21-11-17(12-26-29-21)31-13-15-8-9-16(14-31)22(15)27-24-28-23-20(7-4-10-32(23)30-24)34-19-6-3-2-5-18(19)25/h2-3,5-6,11-12,15-16,20,22H,4,7-10,13-14H2,1H3,(H,27,30)/t15-,16+,20-,22-/m0/s1. The minimum absolute atomic E-state index is 0.149. The van der Waals surface area contributed by atoms with E-state index in [2.05, 4.69) is 20.4 Å². The molecule has 0 radical (unpaired) electrons. The van der Waals surface area contributed by atoms with Crippen LogP contribution in [0.3, 0.4) is 0 Å². The lowest BCUT2D eigenvalue weighted by Gasteiger charge is -2.39. The third kappa shape index (κ3) is 4.02. The molecule has 6 rings (SSSR count). The maximum absolute atomic E-state index is 6.32. The van der Waals surface area contributed by atoms with Crippen molar-refractivity contribution in [2.45, 2.75) is 44.4 Å². The van der Waals surface area contributed by atoms with E-state index in [1.54, 1.807) is 7.11 Å². The summed E-state index contributed by atoms with van der Waals surface area (Å²) in [5.41, 5.74) is 1.07. The topological polar surface area (TPSA) is 90.2 Å². The van der Waals surface area contributed by atoms with Gasteiger partial charge in [-0.05, 0) is 49.7 Å². The fourth-order valence-corrected chi connectivity index (χ4v) is 5.79. The molecule has 3 aliphatic rings. The van der Waals surface area contributed by atoms with E-state index in [9.17, 15) is 0 Å². The number of piperidine rings is 1. The minimum atomic E-state index is -0.149. The van der Waals surface area contributed by atoms with Gasteiger partial charge in [-0.1, -0.05) is 23.7 Å². The molecule has 4 atom stereocenters. The lowest BCUT2D eigenvalue weighted by molar-refractivity contribution is 0.155. The average Bonchev–Trinajstić information content (AvgIpc) is 3.37. The van der Waals surface area contributed by atoms with Gasteiger partial charge in [0.15, 0.2) is 11.9 Å². The normalized spacial score (nSPS) is 25.6. The first-order chi connectivity index (χ1) is 16.7. The van der Waals surface area contributed by atoms with Gasteiger partial charge in [0.2, 0.25) is 11.8 Å². The molecule has 4 heterocycles. The summed E-state index contributed by atoms with van der Waals surface area (Å²) >= 11 is 6.32. The molecule has 9 nitrogen and oxygen atoms in total. The Morgan fingerprint density at radius 1 is 1.12 bits per heavy atom. The van der Waals surface area contributed by atoms with Crippen LogP contribution in [0, 0.1) is 11.8 Å². The van der Waals surface area contributed by atoms with Gasteiger partial charge in [0, 0.05) is 31.7 Å². The molecule has 1 saturated carbocycles. The molecule has 2 aliphatic heterocycles. The second kappa shape index (κ2) is 8.94. The molecule has 3 aromatic rings. The number of methoxy groups -OCH3 is 1. The molecule has 0 unspecified atom stereocenters. The number of aromatic nitrogens is 5. The van der Waals surface area contributed by atoms with Crippen LogP contribution in [-0.2, 0) is 6.54 Å². The first-order valence-electron chi connectivity index (χ1n) is 11.9. The summed E-state index contributed by atoms with van der Waals surface area (Å²) in [6, 6.07) is 9.91. The first kappa shape index (κ1) is 21.5. The number of halogens is 1. The van der Waals surface area contributed by atoms with Gasteiger partial charge in [-0.15, -0.1) is 10.2 Å². The molecule has 1 saturated heterocycles. The van der Waals surface area contributed by atoms with E-state index in [4.69, 9.17) is 31.2 Å². The zero-order valence-corrected chi connectivity index (χ0v) is 19.9. The summed E-state index contributed by atoms with van der Waals surface area (Å²) in [7, 11) is 1.62. The number of para-hydroxylation sites is 1. The number of nitrogens with zero attached hydrogens (tertiary/aromatic N) is 6. The first-order valence-corrected chi connectivity index (χ1v) is 12.3. The molecule has 0 spiro atoms. The van der Waals surface area contributed by atoms with Crippen molar-refractivity contribution in [2.75, 3.05) is 30.4 Å². The molecule has 2 aromatic heterocycles. The number of nitrogens with one attached hydrogen (secondary N) is 1. The third-order valence-corrected chi connectivity index (χ3v) is 7.56. The minimum Gasteiger partial charge on any atom is -0.481 e. The highest BCUT2D eigenvalue weighted by atomic mass is 35.5. The van der Waals surface area contributed by atoms with Gasteiger partial charge in [-0.2, -0.15) is 10.1 Å². The monoisotopic (exact) mass is 481 g/mol. The van der Waals surface area contributed by atoms with Crippen molar-refractivity contribution in [3.8, 4) is 11.6 Å². The largest absolute Gasteiger partial charge is 0.481 e. The molecule has 178 valence electrons. The van der Waals surface area contributed by atoms with E-state index in [-0.39, 0.29) is 6.10 Å². The van der Waals surface area contributed by atoms with Crippen molar-refractivity contribution in [2.24, 2.45) is 11.8 Å². The highest BCUT2D eigenvalue weighted by molar-refractivity contribution is 6.32. The smallest absolute Gasteiger partial charge is 0.242 e. The van der Waals surface area contributed by atoms with Crippen molar-refractivity contribution in [1.82, 2.24) is 25.0 Å². The summed E-state index contributed by atoms with van der Waals surface area (Å²) in [5, 5.41) is 17.2. The van der Waals surface area contributed by atoms with Crippen molar-refractivity contribution in [3.05, 3.63) is 47.4 Å². The molecule has 0 amide bonds. The van der Waals surface area contributed by atoms with Gasteiger partial charge in [0.1, 0.15) is 5.75 Å². The Hall–Kier alpha value is -3.07. The Labute approximate surface area is 203 Å². The van der Waals surface area contributed by atoms with E-state index in [1.165, 1.54) is 12.8 Å². The molecular formula is C24H28ClN7O2. The zero-order valence-electron chi connectivity index (χ0n) is 19.1. The Kier molecular flexibility index (Phi) is 5.64. The molecule has 10 heteroatoms. The van der Waals surface area contributed by atoms with Crippen LogP contribution < -0.4 is 19.7 Å². The molecule has 1 N–H and O–H groups in total. The number of fused-ring (bicyclic) bond motifs is 3. The van der Waals surface area contributed by atoms with Gasteiger partial charge in [0.25, 0.3) is 0 Å². The molecule has 1 aliphatic carbocycles. The van der Waals surface area contributed by atoms with Crippen molar-refractivity contribution in [3.63, 3.8) is 0 Å². The molecule has 1 aromatic carbocycles. The van der Waals surface area contributed by atoms with Crippen LogP contribution in [0.5, 0.6) is 11.6 Å². The summed E-state index contributed by atoms with van der Waals surface area (Å²) < 4.78 is 13.5. The van der Waals surface area contributed by atoms with Crippen LogP contribution in [0.15, 0.2) is 36.5 Å². The fourth-order valence-electron chi connectivity index (χ4n) is 5.61. The SMILES string of the molecule is COc1cc(N2C[C@H]3CC[C@@H](C2)[C@@H]3Nc2nc3n(n2)CCC[C@@H]3Oc2ccccc2Cl)cnn1. The predicted molar refractivity (Wildman–Crippen MR) is 128 cm³/mol. The van der Waals surface area contributed by atoms with Crippen LogP contribution in [0.4, 0.5) is 11.6 Å². The second-order valence-electron chi connectivity index (χ2n) is 9.32. The number of aryl methyl sites for hydroxylation is 1. The predicted octanol–water partition coefficient (Wildman–Crippen LogP) is 3.97. The molecule has 2 fully saturated rings. The van der Waals surface area contributed by atoms with Crippen molar-refractivity contribution >= 4 is 23.2 Å². The Bertz CT molecular complexity index is 1160. The maximum atomic E-state index is 6.32. The van der Waals surface area contributed by atoms with E-state index >= 15 is 0 Å². The van der Waals surface area contributed by atoms with E-state index in [1.807, 2.05) is 41.2 Å². The lowest BCUT2D eigenvalue weighted by Crippen LogP contribution is -2.48. The fraction of sp³-hybridized carbons (Fsp3) is 0.500. The average molecular weight is 482 g/mol. The van der Waals surface area contributed by atoms with Gasteiger partial charge in [-0.25, -0.2) is 4.68 Å². The molecular weight excluding hydrogens is 454 g/mol. The Morgan fingerprint density at radius 2 is 1.94 bits per heavy atom. The number of benzene rings is 1. The third-order valence-electron chi connectivity index (χ3n) is 7.25. The van der Waals surface area contributed by atoms with Crippen LogP contribution >= 0.6 is 11.6 Å². The van der Waals surface area contributed by atoms with Crippen LogP contribution in [-0.4, -0.2) is 51.2 Å². The van der Waals surface area contributed by atoms with E-state index in [0.717, 1.165) is 44.0 Å². The van der Waals surface area contributed by atoms with E-state index < -0.39 is 0 Å². The number of ether oxygens (including phenoxy) is 2. The highest BCUT2D eigenvalue weighted by Crippen LogP contribution is 2.40. The molecule has 34 heavy (non-hydrogen) atoms. The van der Waals surface area contributed by atoms with Crippen LogP contribution in [0.1, 0.15) is 37.6 Å². The van der Waals surface area contributed by atoms with E-state index in [0.29, 0.717) is 40.5 Å². The second-order valence-corrected chi connectivity index (χ2v) is 9.73. The summed E-state index contributed by atoms with van der Waals surface area (Å²) in [5.74, 6) is 3.85. The van der Waals surface area contributed by atoms with Gasteiger partial charge in [0.05, 0.1) is 24.0 Å². The van der Waals surface area contributed by atoms with Crippen molar-refractivity contribution < 1.29 is 9.47 Å². The lowest BCUT2D eigenvalue weighted by atomic mass is 9.92. The van der Waals surface area contributed by atoms with Crippen molar-refractivity contribution in [1.29, 1.82) is 0 Å². The number of anilines is 2. The van der Waals surface area contributed by atoms with Gasteiger partial charge < -0.3 is 19.7 Å². The number of rotatable bonds is 6. The van der Waals surface area contributed by atoms with Gasteiger partial charge in [-0.3, -0.25) is 0 Å². The maximum Gasteiger partial charge on any atom is 0.242 e. The number of hydrogen-bond donors (Lipinski definition) is 1. The summed E-state index contributed by atoms with van der Waals surface area (Å²) in [6.07, 6.45) is 5.96. The van der Waals surface area contributed by atoms with Crippen LogP contribution in [0.25, 0.3) is 0 Å². The quantitative estimate of drug-likeness (QED) is 0.565. The molecule has 2 bridgehead atoms. The Balaban J connectivity index is 1.16. The highest BCUT2D eigenvalue weighted by Gasteiger charge is 2.43. The summed E-state index contributed by atoms with van der Waals surface area (Å²) in [4.78, 5) is 7.27. The zero-order chi connectivity index (χ0) is 23.1. The van der Waals surface area contributed by atoms with Gasteiger partial charge >= 0.3 is 0 Å². The van der Waals surface area contributed by atoms with Crippen LogP contribution in [0.2, 0.25) is 5.02 Å².